The van der Waals surface area contributed by atoms with Crippen LogP contribution < -0.4 is 4.72 Å². The molecule has 1 unspecified atom stereocenters. The van der Waals surface area contributed by atoms with Gasteiger partial charge in [-0.1, -0.05) is 6.07 Å². The van der Waals surface area contributed by atoms with Crippen molar-refractivity contribution in [2.24, 2.45) is 7.05 Å². The predicted octanol–water partition coefficient (Wildman–Crippen LogP) is 3.51. The van der Waals surface area contributed by atoms with Gasteiger partial charge in [0.2, 0.25) is 10.0 Å². The maximum Gasteiger partial charge on any atom is 0.410 e. The zero-order valence-corrected chi connectivity index (χ0v) is 19.9. The molecule has 32 heavy (non-hydrogen) atoms. The summed E-state index contributed by atoms with van der Waals surface area (Å²) in [6.45, 7) is 6.84. The molecular formula is C23H31N3O5S. The molecule has 8 nitrogen and oxygen atoms in total. The normalized spacial score (nSPS) is 19.8. The van der Waals surface area contributed by atoms with E-state index in [4.69, 9.17) is 4.74 Å². The Balaban J connectivity index is 1.55. The number of likely N-dealkylation sites (tertiary alicyclic amines) is 1. The maximum atomic E-state index is 12.6. The Kier molecular flexibility index (Phi) is 5.73. The third kappa shape index (κ3) is 4.77. The summed E-state index contributed by atoms with van der Waals surface area (Å²) in [4.78, 5) is 26.8. The molecule has 2 aliphatic rings. The fourth-order valence-electron chi connectivity index (χ4n) is 4.25. The van der Waals surface area contributed by atoms with Gasteiger partial charge in [0.1, 0.15) is 5.60 Å². The van der Waals surface area contributed by atoms with Gasteiger partial charge >= 0.3 is 6.09 Å². The number of carbonyl (C=O) groups is 2. The molecule has 1 aromatic carbocycles. The first-order chi connectivity index (χ1) is 14.9. The van der Waals surface area contributed by atoms with Crippen molar-refractivity contribution in [1.82, 2.24) is 14.2 Å². The first-order valence-corrected chi connectivity index (χ1v) is 12.6. The van der Waals surface area contributed by atoms with Gasteiger partial charge in [-0.3, -0.25) is 4.79 Å². The zero-order chi connectivity index (χ0) is 23.3. The van der Waals surface area contributed by atoms with Gasteiger partial charge in [-0.05, 0) is 64.2 Å². The molecule has 2 aromatic rings. The van der Waals surface area contributed by atoms with E-state index in [1.165, 1.54) is 0 Å². The van der Waals surface area contributed by atoms with Crippen molar-refractivity contribution in [3.8, 4) is 0 Å². The second-order valence-corrected chi connectivity index (χ2v) is 11.8. The second-order valence-electron chi connectivity index (χ2n) is 9.87. The predicted molar refractivity (Wildman–Crippen MR) is 122 cm³/mol. The zero-order valence-electron chi connectivity index (χ0n) is 19.1. The Morgan fingerprint density at radius 1 is 1.16 bits per heavy atom. The first-order valence-electron chi connectivity index (χ1n) is 11.1. The van der Waals surface area contributed by atoms with Crippen LogP contribution >= 0.6 is 0 Å². The average Bonchev–Trinajstić information content (AvgIpc) is 3.52. The lowest BCUT2D eigenvalue weighted by Gasteiger charge is -2.34. The van der Waals surface area contributed by atoms with Crippen LogP contribution in [0, 0.1) is 0 Å². The Hall–Kier alpha value is -2.55. The number of amides is 2. The molecule has 4 rings (SSSR count). The standard InChI is InChI=1S/C23H31N3O5S/c1-23(2,3)31-22(28)26-11-5-6-16(13-26)19-14-25(4)20-12-15(7-10-18(19)20)21(27)24-32(29,30)17-8-9-17/h7,10,12,14,16-17H,5-6,8-9,11,13H2,1-4H3,(H,24,27). The molecule has 1 saturated carbocycles. The number of aryl methyl sites for hydroxylation is 1. The number of fused-ring (bicyclic) bond motifs is 1. The third-order valence-corrected chi connectivity index (χ3v) is 7.81. The minimum atomic E-state index is -3.59. The highest BCUT2D eigenvalue weighted by Gasteiger charge is 2.37. The number of ether oxygens (including phenoxy) is 1. The molecule has 0 bridgehead atoms. The minimum absolute atomic E-state index is 0.162. The van der Waals surface area contributed by atoms with Crippen LogP contribution in [0.5, 0.6) is 0 Å². The van der Waals surface area contributed by atoms with Crippen molar-refractivity contribution in [2.45, 2.75) is 63.2 Å². The number of piperidine rings is 1. The molecule has 1 aromatic heterocycles. The Bertz CT molecular complexity index is 1160. The molecule has 0 radical (unpaired) electrons. The molecule has 1 aliphatic carbocycles. The monoisotopic (exact) mass is 461 g/mol. The lowest BCUT2D eigenvalue weighted by atomic mass is 9.90. The molecular weight excluding hydrogens is 430 g/mol. The lowest BCUT2D eigenvalue weighted by Crippen LogP contribution is -2.42. The summed E-state index contributed by atoms with van der Waals surface area (Å²) in [7, 11) is -1.69. The van der Waals surface area contributed by atoms with Gasteiger partial charge in [0, 0.05) is 48.7 Å². The van der Waals surface area contributed by atoms with Gasteiger partial charge in [-0.15, -0.1) is 0 Å². The maximum absolute atomic E-state index is 12.6. The van der Waals surface area contributed by atoms with Crippen LogP contribution in [-0.4, -0.2) is 53.8 Å². The van der Waals surface area contributed by atoms with Gasteiger partial charge in [0.25, 0.3) is 5.91 Å². The number of carbonyl (C=O) groups excluding carboxylic acids is 2. The minimum Gasteiger partial charge on any atom is -0.444 e. The highest BCUT2D eigenvalue weighted by molar-refractivity contribution is 7.91. The van der Waals surface area contributed by atoms with E-state index < -0.39 is 26.8 Å². The molecule has 2 amide bonds. The highest BCUT2D eigenvalue weighted by Crippen LogP contribution is 2.34. The van der Waals surface area contributed by atoms with Crippen LogP contribution in [0.15, 0.2) is 24.4 Å². The smallest absolute Gasteiger partial charge is 0.410 e. The van der Waals surface area contributed by atoms with Crippen LogP contribution in [-0.2, 0) is 21.8 Å². The third-order valence-electron chi connectivity index (χ3n) is 5.99. The van der Waals surface area contributed by atoms with Crippen molar-refractivity contribution in [1.29, 1.82) is 0 Å². The van der Waals surface area contributed by atoms with Crippen LogP contribution in [0.25, 0.3) is 10.9 Å². The summed E-state index contributed by atoms with van der Waals surface area (Å²) < 4.78 is 33.9. The molecule has 0 spiro atoms. The fourth-order valence-corrected chi connectivity index (χ4v) is 5.55. The summed E-state index contributed by atoms with van der Waals surface area (Å²) >= 11 is 0. The van der Waals surface area contributed by atoms with Crippen LogP contribution in [0.4, 0.5) is 4.79 Å². The van der Waals surface area contributed by atoms with E-state index in [0.29, 0.717) is 31.5 Å². The van der Waals surface area contributed by atoms with E-state index in [-0.39, 0.29) is 12.0 Å². The Labute approximate surface area is 189 Å². The number of hydrogen-bond acceptors (Lipinski definition) is 5. The number of benzene rings is 1. The molecule has 1 saturated heterocycles. The SMILES string of the molecule is Cn1cc(C2CCCN(C(=O)OC(C)(C)C)C2)c2ccc(C(=O)NS(=O)(=O)C3CC3)cc21. The molecule has 9 heteroatoms. The van der Waals surface area contributed by atoms with Crippen LogP contribution in [0.1, 0.15) is 68.3 Å². The summed E-state index contributed by atoms with van der Waals surface area (Å²) in [5.74, 6) is -0.440. The largest absolute Gasteiger partial charge is 0.444 e. The molecule has 1 N–H and O–H groups in total. The van der Waals surface area contributed by atoms with E-state index in [9.17, 15) is 18.0 Å². The summed E-state index contributed by atoms with van der Waals surface area (Å²) in [5.41, 5.74) is 1.75. The lowest BCUT2D eigenvalue weighted by molar-refractivity contribution is 0.0198. The topological polar surface area (TPSA) is 97.7 Å². The molecule has 174 valence electrons. The summed E-state index contributed by atoms with van der Waals surface area (Å²) in [6, 6.07) is 5.26. The van der Waals surface area contributed by atoms with E-state index >= 15 is 0 Å². The van der Waals surface area contributed by atoms with Crippen LogP contribution in [0.2, 0.25) is 0 Å². The van der Waals surface area contributed by atoms with Gasteiger partial charge < -0.3 is 14.2 Å². The number of nitrogens with one attached hydrogen (secondary N) is 1. The van der Waals surface area contributed by atoms with Crippen molar-refractivity contribution < 1.29 is 22.7 Å². The van der Waals surface area contributed by atoms with E-state index in [2.05, 4.69) is 4.72 Å². The molecule has 1 atom stereocenters. The van der Waals surface area contributed by atoms with Crippen LogP contribution in [0.3, 0.4) is 0 Å². The van der Waals surface area contributed by atoms with Crippen molar-refractivity contribution in [2.75, 3.05) is 13.1 Å². The Morgan fingerprint density at radius 2 is 1.88 bits per heavy atom. The van der Waals surface area contributed by atoms with Crippen molar-refractivity contribution >= 4 is 32.9 Å². The summed E-state index contributed by atoms with van der Waals surface area (Å²) in [5, 5.41) is 0.557. The van der Waals surface area contributed by atoms with Gasteiger partial charge in [-0.2, -0.15) is 0 Å². The average molecular weight is 462 g/mol. The van der Waals surface area contributed by atoms with Gasteiger partial charge in [-0.25, -0.2) is 17.9 Å². The quantitative estimate of drug-likeness (QED) is 0.751. The number of hydrogen-bond donors (Lipinski definition) is 1. The van der Waals surface area contributed by atoms with Crippen molar-refractivity contribution in [3.05, 3.63) is 35.5 Å². The molecule has 1 aliphatic heterocycles. The number of sulfonamides is 1. The highest BCUT2D eigenvalue weighted by atomic mass is 32.2. The van der Waals surface area contributed by atoms with Gasteiger partial charge in [0.05, 0.1) is 5.25 Å². The van der Waals surface area contributed by atoms with E-state index in [1.54, 1.807) is 17.0 Å². The second kappa shape index (κ2) is 8.10. The number of nitrogens with zero attached hydrogens (tertiary/aromatic N) is 2. The fraction of sp³-hybridized carbons (Fsp3) is 0.565. The Morgan fingerprint density at radius 3 is 2.53 bits per heavy atom. The summed E-state index contributed by atoms with van der Waals surface area (Å²) in [6.07, 6.45) is 4.80. The number of aromatic nitrogens is 1. The first kappa shape index (κ1) is 22.6. The molecule has 2 fully saturated rings. The van der Waals surface area contributed by atoms with Gasteiger partial charge in [0.15, 0.2) is 0 Å². The molecule has 2 heterocycles. The van der Waals surface area contributed by atoms with Crippen molar-refractivity contribution in [3.63, 3.8) is 0 Å². The van der Waals surface area contributed by atoms with E-state index in [0.717, 1.165) is 29.3 Å². The van der Waals surface area contributed by atoms with E-state index in [1.807, 2.05) is 44.6 Å². The number of rotatable bonds is 4.